The van der Waals surface area contributed by atoms with Crippen LogP contribution in [0.2, 0.25) is 0 Å². The predicted molar refractivity (Wildman–Crippen MR) is 80.7 cm³/mol. The Bertz CT molecular complexity index is 377. The van der Waals surface area contributed by atoms with Gasteiger partial charge >= 0.3 is 0 Å². The van der Waals surface area contributed by atoms with Crippen LogP contribution in [-0.4, -0.2) is 35.7 Å². The van der Waals surface area contributed by atoms with E-state index >= 15 is 0 Å². The zero-order valence-corrected chi connectivity index (χ0v) is 12.4. The summed E-state index contributed by atoms with van der Waals surface area (Å²) in [7, 11) is 0. The molecule has 0 saturated carbocycles. The summed E-state index contributed by atoms with van der Waals surface area (Å²) in [5.41, 5.74) is 2.46. The molecule has 0 bridgehead atoms. The van der Waals surface area contributed by atoms with Gasteiger partial charge in [0.15, 0.2) is 0 Å². The van der Waals surface area contributed by atoms with Crippen LogP contribution in [0.4, 0.5) is 0 Å². The molecule has 2 rings (SSSR count). The third kappa shape index (κ3) is 4.20. The molecule has 2 atom stereocenters. The summed E-state index contributed by atoms with van der Waals surface area (Å²) in [6.07, 6.45) is 4.59. The normalized spacial score (nSPS) is 22.4. The molecule has 106 valence electrons. The molecular formula is C16H24ClNO. The van der Waals surface area contributed by atoms with Gasteiger partial charge in [-0.25, -0.2) is 0 Å². The van der Waals surface area contributed by atoms with E-state index in [-0.39, 0.29) is 12.0 Å². The van der Waals surface area contributed by atoms with Crippen molar-refractivity contribution in [2.75, 3.05) is 19.7 Å². The third-order valence-electron chi connectivity index (χ3n) is 4.05. The molecule has 1 aromatic rings. The minimum absolute atomic E-state index is 0.0416. The number of likely N-dealkylation sites (tertiary alicyclic amines) is 1. The molecule has 19 heavy (non-hydrogen) atoms. The first-order valence-corrected chi connectivity index (χ1v) is 7.70. The molecule has 1 aliphatic heterocycles. The standard InChI is InChI=1S/C16H24ClNO/c1-13-5-7-14(8-6-13)16(17)12-18-10-3-2-4-15(18)9-11-19/h5-8,15-16,19H,2-4,9-12H2,1H3. The van der Waals surface area contributed by atoms with E-state index in [4.69, 9.17) is 16.7 Å². The van der Waals surface area contributed by atoms with E-state index < -0.39 is 0 Å². The van der Waals surface area contributed by atoms with E-state index in [9.17, 15) is 0 Å². The zero-order chi connectivity index (χ0) is 13.7. The van der Waals surface area contributed by atoms with Crippen molar-refractivity contribution in [2.45, 2.75) is 44.0 Å². The van der Waals surface area contributed by atoms with Gasteiger partial charge in [0.25, 0.3) is 0 Å². The molecule has 3 heteroatoms. The lowest BCUT2D eigenvalue weighted by atomic mass is 9.98. The Morgan fingerprint density at radius 3 is 2.74 bits per heavy atom. The fourth-order valence-corrected chi connectivity index (χ4v) is 3.19. The summed E-state index contributed by atoms with van der Waals surface area (Å²) in [6.45, 7) is 4.36. The average molecular weight is 282 g/mol. The topological polar surface area (TPSA) is 23.5 Å². The van der Waals surface area contributed by atoms with Crippen molar-refractivity contribution >= 4 is 11.6 Å². The van der Waals surface area contributed by atoms with Crippen molar-refractivity contribution < 1.29 is 5.11 Å². The number of rotatable bonds is 5. The number of hydrogen-bond acceptors (Lipinski definition) is 2. The van der Waals surface area contributed by atoms with Crippen LogP contribution in [0.3, 0.4) is 0 Å². The van der Waals surface area contributed by atoms with E-state index in [1.807, 2.05) is 0 Å². The van der Waals surface area contributed by atoms with Crippen LogP contribution in [0.25, 0.3) is 0 Å². The predicted octanol–water partition coefficient (Wildman–Crippen LogP) is 3.51. The molecule has 0 aliphatic carbocycles. The second-order valence-electron chi connectivity index (χ2n) is 5.54. The van der Waals surface area contributed by atoms with Crippen LogP contribution in [0.15, 0.2) is 24.3 Å². The lowest BCUT2D eigenvalue weighted by Gasteiger charge is -2.36. The van der Waals surface area contributed by atoms with Gasteiger partial charge < -0.3 is 5.11 Å². The van der Waals surface area contributed by atoms with Gasteiger partial charge in [0.05, 0.1) is 5.38 Å². The van der Waals surface area contributed by atoms with Crippen LogP contribution in [0.1, 0.15) is 42.2 Å². The van der Waals surface area contributed by atoms with Gasteiger partial charge in [0.2, 0.25) is 0 Å². The van der Waals surface area contributed by atoms with Crippen LogP contribution < -0.4 is 0 Å². The second-order valence-corrected chi connectivity index (χ2v) is 6.06. The lowest BCUT2D eigenvalue weighted by Crippen LogP contribution is -2.41. The molecule has 2 nitrogen and oxygen atoms in total. The molecule has 1 heterocycles. The first-order chi connectivity index (χ1) is 9.20. The molecule has 1 fully saturated rings. The summed E-state index contributed by atoms with van der Waals surface area (Å²) in [6, 6.07) is 8.99. The molecule has 0 aromatic heterocycles. The van der Waals surface area contributed by atoms with Crippen LogP contribution in [-0.2, 0) is 0 Å². The Labute approximate surface area is 121 Å². The SMILES string of the molecule is Cc1ccc(C(Cl)CN2CCCCC2CCO)cc1. The Morgan fingerprint density at radius 1 is 1.32 bits per heavy atom. The fraction of sp³-hybridized carbons (Fsp3) is 0.625. The molecule has 0 radical (unpaired) electrons. The first kappa shape index (κ1) is 14.8. The van der Waals surface area contributed by atoms with E-state index in [0.29, 0.717) is 6.04 Å². The van der Waals surface area contributed by atoms with Crippen molar-refractivity contribution in [3.63, 3.8) is 0 Å². The minimum Gasteiger partial charge on any atom is -0.396 e. The van der Waals surface area contributed by atoms with E-state index in [1.54, 1.807) is 0 Å². The molecule has 0 spiro atoms. The van der Waals surface area contributed by atoms with Gasteiger partial charge in [-0.3, -0.25) is 4.90 Å². The van der Waals surface area contributed by atoms with Gasteiger partial charge in [0.1, 0.15) is 0 Å². The van der Waals surface area contributed by atoms with E-state index in [0.717, 1.165) is 19.5 Å². The monoisotopic (exact) mass is 281 g/mol. The Morgan fingerprint density at radius 2 is 2.05 bits per heavy atom. The first-order valence-electron chi connectivity index (χ1n) is 7.26. The highest BCUT2D eigenvalue weighted by Gasteiger charge is 2.24. The highest BCUT2D eigenvalue weighted by Crippen LogP contribution is 2.27. The van der Waals surface area contributed by atoms with Crippen molar-refractivity contribution in [2.24, 2.45) is 0 Å². The Kier molecular flexibility index (Phi) is 5.68. The highest BCUT2D eigenvalue weighted by molar-refractivity contribution is 6.21. The Balaban J connectivity index is 1.96. The number of aliphatic hydroxyl groups excluding tert-OH is 1. The molecule has 2 unspecified atom stereocenters. The minimum atomic E-state index is 0.0416. The summed E-state index contributed by atoms with van der Waals surface area (Å²) < 4.78 is 0. The number of hydrogen-bond donors (Lipinski definition) is 1. The number of alkyl halides is 1. The maximum atomic E-state index is 9.16. The fourth-order valence-electron chi connectivity index (χ4n) is 2.86. The number of nitrogens with zero attached hydrogens (tertiary/aromatic N) is 1. The van der Waals surface area contributed by atoms with Gasteiger partial charge in [-0.1, -0.05) is 36.2 Å². The summed E-state index contributed by atoms with van der Waals surface area (Å²) in [5.74, 6) is 0. The van der Waals surface area contributed by atoms with E-state index in [2.05, 4.69) is 36.1 Å². The molecule has 1 saturated heterocycles. The largest absolute Gasteiger partial charge is 0.396 e. The summed E-state index contributed by atoms with van der Waals surface area (Å²) >= 11 is 6.55. The summed E-state index contributed by atoms with van der Waals surface area (Å²) in [4.78, 5) is 2.46. The van der Waals surface area contributed by atoms with Crippen molar-refractivity contribution in [3.05, 3.63) is 35.4 Å². The van der Waals surface area contributed by atoms with Crippen molar-refractivity contribution in [3.8, 4) is 0 Å². The number of piperidine rings is 1. The Hall–Kier alpha value is -0.570. The van der Waals surface area contributed by atoms with Crippen molar-refractivity contribution in [1.82, 2.24) is 4.90 Å². The number of halogens is 1. The van der Waals surface area contributed by atoms with Gasteiger partial charge in [0, 0.05) is 19.2 Å². The molecule has 1 aliphatic rings. The van der Waals surface area contributed by atoms with Gasteiger partial charge in [-0.15, -0.1) is 11.6 Å². The third-order valence-corrected chi connectivity index (χ3v) is 4.44. The lowest BCUT2D eigenvalue weighted by molar-refractivity contribution is 0.119. The van der Waals surface area contributed by atoms with Crippen LogP contribution >= 0.6 is 11.6 Å². The molecule has 1 aromatic carbocycles. The zero-order valence-electron chi connectivity index (χ0n) is 11.7. The van der Waals surface area contributed by atoms with Crippen LogP contribution in [0.5, 0.6) is 0 Å². The number of aryl methyl sites for hydroxylation is 1. The van der Waals surface area contributed by atoms with Gasteiger partial charge in [-0.05, 0) is 38.3 Å². The van der Waals surface area contributed by atoms with Crippen LogP contribution in [0, 0.1) is 6.92 Å². The molecule has 0 amide bonds. The smallest absolute Gasteiger partial charge is 0.0712 e. The number of benzene rings is 1. The second kappa shape index (κ2) is 7.28. The number of aliphatic hydroxyl groups is 1. The highest BCUT2D eigenvalue weighted by atomic mass is 35.5. The maximum Gasteiger partial charge on any atom is 0.0712 e. The quantitative estimate of drug-likeness (QED) is 0.835. The van der Waals surface area contributed by atoms with Gasteiger partial charge in [-0.2, -0.15) is 0 Å². The molecule has 1 N–H and O–H groups in total. The molecular weight excluding hydrogens is 258 g/mol. The average Bonchev–Trinajstić information content (AvgIpc) is 2.42. The summed E-state index contributed by atoms with van der Waals surface area (Å²) in [5, 5.41) is 9.20. The van der Waals surface area contributed by atoms with E-state index in [1.165, 1.54) is 30.4 Å². The maximum absolute atomic E-state index is 9.16. The van der Waals surface area contributed by atoms with Crippen molar-refractivity contribution in [1.29, 1.82) is 0 Å².